The number of rotatable bonds is 3. The van der Waals surface area contributed by atoms with Gasteiger partial charge >= 0.3 is 0 Å². The number of nitrogens with zero attached hydrogens (tertiary/aromatic N) is 6. The lowest BCUT2D eigenvalue weighted by molar-refractivity contribution is 0.0799. The average molecular weight is 354 g/mol. The molecule has 0 unspecified atom stereocenters. The zero-order chi connectivity index (χ0) is 18.3. The van der Waals surface area contributed by atoms with Crippen LogP contribution in [0.25, 0.3) is 16.9 Å². The van der Waals surface area contributed by atoms with Crippen LogP contribution in [0.3, 0.4) is 0 Å². The first kappa shape index (κ1) is 16.9. The van der Waals surface area contributed by atoms with Gasteiger partial charge < -0.3 is 14.7 Å². The molecular formula is C18H22N6O2. The molecule has 1 fully saturated rings. The van der Waals surface area contributed by atoms with Crippen molar-refractivity contribution in [3.05, 3.63) is 36.2 Å². The van der Waals surface area contributed by atoms with Gasteiger partial charge in [-0.1, -0.05) is 0 Å². The van der Waals surface area contributed by atoms with Crippen LogP contribution in [-0.4, -0.2) is 55.9 Å². The van der Waals surface area contributed by atoms with E-state index in [1.807, 2.05) is 12.1 Å². The number of fused-ring (bicyclic) bond motifs is 1. The normalized spacial score (nSPS) is 18.5. The number of ether oxygens (including phenoxy) is 1. The molecule has 1 aliphatic heterocycles. The molecule has 0 spiro atoms. The van der Waals surface area contributed by atoms with E-state index in [1.165, 1.54) is 0 Å². The van der Waals surface area contributed by atoms with Crippen molar-refractivity contribution < 1.29 is 9.84 Å². The van der Waals surface area contributed by atoms with E-state index in [0.29, 0.717) is 24.7 Å². The Labute approximate surface area is 151 Å². The molecule has 8 nitrogen and oxygen atoms in total. The van der Waals surface area contributed by atoms with Crippen LogP contribution in [0.1, 0.15) is 26.3 Å². The SMILES string of the molecule is C[C@@H]1COCCN1c1cc(C(C)(C)O)c2cnn(-c3cccnn3)c2n1. The number of anilines is 1. The number of hydrogen-bond acceptors (Lipinski definition) is 7. The fraction of sp³-hybridized carbons (Fsp3) is 0.444. The lowest BCUT2D eigenvalue weighted by Crippen LogP contribution is -2.44. The summed E-state index contributed by atoms with van der Waals surface area (Å²) in [6, 6.07) is 5.79. The molecule has 1 saturated heterocycles. The Hall–Kier alpha value is -2.58. The molecule has 0 bridgehead atoms. The van der Waals surface area contributed by atoms with E-state index >= 15 is 0 Å². The van der Waals surface area contributed by atoms with Crippen molar-refractivity contribution in [1.29, 1.82) is 0 Å². The van der Waals surface area contributed by atoms with Gasteiger partial charge in [0.1, 0.15) is 5.82 Å². The summed E-state index contributed by atoms with van der Waals surface area (Å²) in [6.07, 6.45) is 3.34. The summed E-state index contributed by atoms with van der Waals surface area (Å²) in [6.45, 7) is 7.72. The molecule has 26 heavy (non-hydrogen) atoms. The largest absolute Gasteiger partial charge is 0.386 e. The van der Waals surface area contributed by atoms with Gasteiger partial charge in [0, 0.05) is 18.1 Å². The van der Waals surface area contributed by atoms with Crippen LogP contribution in [0, 0.1) is 0 Å². The molecule has 0 saturated carbocycles. The highest BCUT2D eigenvalue weighted by Crippen LogP contribution is 2.32. The van der Waals surface area contributed by atoms with Crippen LogP contribution < -0.4 is 4.90 Å². The molecule has 1 aliphatic rings. The first-order chi connectivity index (χ1) is 12.4. The second-order valence-corrected chi connectivity index (χ2v) is 7.08. The maximum absolute atomic E-state index is 10.7. The van der Waals surface area contributed by atoms with Crippen molar-refractivity contribution in [2.75, 3.05) is 24.7 Å². The molecule has 4 heterocycles. The summed E-state index contributed by atoms with van der Waals surface area (Å²) >= 11 is 0. The highest BCUT2D eigenvalue weighted by molar-refractivity contribution is 5.83. The molecule has 1 atom stereocenters. The van der Waals surface area contributed by atoms with Gasteiger partial charge in [0.15, 0.2) is 11.5 Å². The molecule has 0 aromatic carbocycles. The highest BCUT2D eigenvalue weighted by atomic mass is 16.5. The van der Waals surface area contributed by atoms with Crippen LogP contribution in [0.4, 0.5) is 5.82 Å². The minimum Gasteiger partial charge on any atom is -0.386 e. The third kappa shape index (κ3) is 2.91. The lowest BCUT2D eigenvalue weighted by atomic mass is 9.96. The number of hydrogen-bond donors (Lipinski definition) is 1. The Kier molecular flexibility index (Phi) is 4.08. The van der Waals surface area contributed by atoms with Gasteiger partial charge in [-0.15, -0.1) is 5.10 Å². The van der Waals surface area contributed by atoms with E-state index in [0.717, 1.165) is 23.3 Å². The van der Waals surface area contributed by atoms with E-state index in [-0.39, 0.29) is 6.04 Å². The number of pyridine rings is 1. The lowest BCUT2D eigenvalue weighted by Gasteiger charge is -2.35. The monoisotopic (exact) mass is 354 g/mol. The molecule has 3 aromatic heterocycles. The molecule has 136 valence electrons. The van der Waals surface area contributed by atoms with Gasteiger partial charge in [0.2, 0.25) is 0 Å². The van der Waals surface area contributed by atoms with Gasteiger partial charge in [-0.3, -0.25) is 0 Å². The fourth-order valence-corrected chi connectivity index (χ4v) is 3.28. The van der Waals surface area contributed by atoms with Crippen molar-refractivity contribution in [3.8, 4) is 5.82 Å². The smallest absolute Gasteiger partial charge is 0.178 e. The Balaban J connectivity index is 1.93. The van der Waals surface area contributed by atoms with E-state index < -0.39 is 5.60 Å². The second kappa shape index (κ2) is 6.30. The maximum atomic E-state index is 10.7. The predicted octanol–water partition coefficient (Wildman–Crippen LogP) is 1.66. The highest BCUT2D eigenvalue weighted by Gasteiger charge is 2.27. The van der Waals surface area contributed by atoms with Gasteiger partial charge in [-0.2, -0.15) is 14.9 Å². The number of aliphatic hydroxyl groups is 1. The van der Waals surface area contributed by atoms with Gasteiger partial charge in [0.25, 0.3) is 0 Å². The zero-order valence-electron chi connectivity index (χ0n) is 15.1. The van der Waals surface area contributed by atoms with E-state index in [9.17, 15) is 5.11 Å². The van der Waals surface area contributed by atoms with E-state index in [1.54, 1.807) is 37.0 Å². The van der Waals surface area contributed by atoms with Crippen molar-refractivity contribution >= 4 is 16.9 Å². The molecule has 3 aromatic rings. The van der Waals surface area contributed by atoms with Crippen molar-refractivity contribution in [1.82, 2.24) is 25.0 Å². The summed E-state index contributed by atoms with van der Waals surface area (Å²) in [5.41, 5.74) is 0.409. The van der Waals surface area contributed by atoms with Crippen LogP contribution in [0.2, 0.25) is 0 Å². The molecule has 1 N–H and O–H groups in total. The number of morpholine rings is 1. The Morgan fingerprint density at radius 3 is 2.85 bits per heavy atom. The summed E-state index contributed by atoms with van der Waals surface area (Å²) in [5.74, 6) is 1.39. The zero-order valence-corrected chi connectivity index (χ0v) is 15.1. The molecule has 0 amide bonds. The maximum Gasteiger partial charge on any atom is 0.178 e. The molecule has 0 radical (unpaired) electrons. The second-order valence-electron chi connectivity index (χ2n) is 7.08. The average Bonchev–Trinajstić information content (AvgIpc) is 3.05. The first-order valence-electron chi connectivity index (χ1n) is 8.69. The fourth-order valence-electron chi connectivity index (χ4n) is 3.28. The van der Waals surface area contributed by atoms with Crippen LogP contribution in [0.5, 0.6) is 0 Å². The van der Waals surface area contributed by atoms with Crippen molar-refractivity contribution in [3.63, 3.8) is 0 Å². The third-order valence-corrected chi connectivity index (χ3v) is 4.62. The van der Waals surface area contributed by atoms with E-state index in [4.69, 9.17) is 9.72 Å². The topological polar surface area (TPSA) is 89.2 Å². The van der Waals surface area contributed by atoms with Gasteiger partial charge in [-0.25, -0.2) is 4.98 Å². The third-order valence-electron chi connectivity index (χ3n) is 4.62. The van der Waals surface area contributed by atoms with Crippen molar-refractivity contribution in [2.24, 2.45) is 0 Å². The summed E-state index contributed by atoms with van der Waals surface area (Å²) in [7, 11) is 0. The minimum atomic E-state index is -1.03. The molecule has 4 rings (SSSR count). The van der Waals surface area contributed by atoms with Crippen molar-refractivity contribution in [2.45, 2.75) is 32.4 Å². The Bertz CT molecular complexity index is 919. The van der Waals surface area contributed by atoms with E-state index in [2.05, 4.69) is 27.1 Å². The molecular weight excluding hydrogens is 332 g/mol. The summed E-state index contributed by atoms with van der Waals surface area (Å²) in [4.78, 5) is 7.05. The van der Waals surface area contributed by atoms with Crippen LogP contribution >= 0.6 is 0 Å². The minimum absolute atomic E-state index is 0.205. The Morgan fingerprint density at radius 2 is 2.15 bits per heavy atom. The first-order valence-corrected chi connectivity index (χ1v) is 8.69. The standard InChI is InChI=1S/C18H22N6O2/c1-12-11-26-8-7-23(12)16-9-14(18(2,3)25)13-10-20-24(17(13)21-16)15-5-4-6-19-22-15/h4-6,9-10,12,25H,7-8,11H2,1-3H3/t12-/m1/s1. The number of aromatic nitrogens is 5. The van der Waals surface area contributed by atoms with Gasteiger partial charge in [0.05, 0.1) is 31.1 Å². The molecule has 0 aliphatic carbocycles. The summed E-state index contributed by atoms with van der Waals surface area (Å²) in [5, 5.41) is 24.0. The Morgan fingerprint density at radius 1 is 1.31 bits per heavy atom. The quantitative estimate of drug-likeness (QED) is 0.765. The van der Waals surface area contributed by atoms with Crippen LogP contribution in [-0.2, 0) is 10.3 Å². The van der Waals surface area contributed by atoms with Crippen LogP contribution in [0.15, 0.2) is 30.6 Å². The predicted molar refractivity (Wildman–Crippen MR) is 97.3 cm³/mol. The van der Waals surface area contributed by atoms with Gasteiger partial charge in [-0.05, 0) is 44.5 Å². The molecule has 8 heteroatoms. The summed E-state index contributed by atoms with van der Waals surface area (Å²) < 4.78 is 7.20.